The molecule has 1 heterocycles. The van der Waals surface area contributed by atoms with E-state index in [0.29, 0.717) is 6.42 Å². The number of amides is 2. The summed E-state index contributed by atoms with van der Waals surface area (Å²) in [4.78, 5) is 21.1. The van der Waals surface area contributed by atoms with Crippen LogP contribution in [0.4, 0.5) is 4.79 Å². The Labute approximate surface area is 89.2 Å². The number of hydrogen-bond donors (Lipinski definition) is 2. The summed E-state index contributed by atoms with van der Waals surface area (Å²) >= 11 is 0. The van der Waals surface area contributed by atoms with Crippen LogP contribution in [0.2, 0.25) is 0 Å². The van der Waals surface area contributed by atoms with Gasteiger partial charge in [-0.05, 0) is 25.7 Å². The maximum atomic E-state index is 10.9. The number of carboxylic acid groups (broad SMARTS) is 1. The fraction of sp³-hybridized carbons (Fsp3) is 0.800. The fourth-order valence-electron chi connectivity index (χ4n) is 1.72. The number of carbonyl (C=O) groups excluding carboxylic acids is 2. The highest BCUT2D eigenvalue weighted by atomic mass is 16.4. The smallest absolute Gasteiger partial charge is 0.315 e. The number of unbranched alkanes of at least 4 members (excludes halogenated alkanes) is 2. The van der Waals surface area contributed by atoms with Crippen molar-refractivity contribution in [2.24, 2.45) is 0 Å². The van der Waals surface area contributed by atoms with E-state index in [1.807, 2.05) is 0 Å². The Morgan fingerprint density at radius 3 is 2.87 bits per heavy atom. The number of rotatable bonds is 6. The van der Waals surface area contributed by atoms with Crippen molar-refractivity contribution in [2.75, 3.05) is 6.54 Å². The molecule has 1 aliphatic heterocycles. The molecule has 1 rings (SSSR count). The highest BCUT2D eigenvalue weighted by Gasteiger charge is 2.16. The molecule has 0 saturated carbocycles. The zero-order chi connectivity index (χ0) is 11.1. The van der Waals surface area contributed by atoms with Gasteiger partial charge in [0.05, 0.1) is 0 Å². The lowest BCUT2D eigenvalue weighted by atomic mass is 10.0. The number of urea groups is 1. The van der Waals surface area contributed by atoms with Gasteiger partial charge < -0.3 is 20.5 Å². The van der Waals surface area contributed by atoms with Gasteiger partial charge in [-0.15, -0.1) is 0 Å². The van der Waals surface area contributed by atoms with Crippen LogP contribution in [0.1, 0.15) is 38.5 Å². The van der Waals surface area contributed by atoms with Crippen molar-refractivity contribution < 1.29 is 14.7 Å². The molecule has 0 aromatic rings. The van der Waals surface area contributed by atoms with Crippen molar-refractivity contribution >= 4 is 12.0 Å². The van der Waals surface area contributed by atoms with Gasteiger partial charge in [0.1, 0.15) is 0 Å². The Kier molecular flexibility index (Phi) is 4.93. The third-order valence-electron chi connectivity index (χ3n) is 2.55. The molecule has 2 amide bonds. The van der Waals surface area contributed by atoms with Crippen LogP contribution < -0.4 is 15.7 Å². The van der Waals surface area contributed by atoms with Crippen molar-refractivity contribution in [3.05, 3.63) is 0 Å². The van der Waals surface area contributed by atoms with E-state index in [-0.39, 0.29) is 18.5 Å². The van der Waals surface area contributed by atoms with Gasteiger partial charge in [-0.2, -0.15) is 0 Å². The van der Waals surface area contributed by atoms with Gasteiger partial charge in [0, 0.05) is 18.6 Å². The van der Waals surface area contributed by atoms with E-state index in [1.165, 1.54) is 0 Å². The zero-order valence-electron chi connectivity index (χ0n) is 8.75. The van der Waals surface area contributed by atoms with Gasteiger partial charge in [0.2, 0.25) is 0 Å². The number of carboxylic acids is 1. The summed E-state index contributed by atoms with van der Waals surface area (Å²) in [6, 6.07) is 0.155. The van der Waals surface area contributed by atoms with Gasteiger partial charge in [-0.25, -0.2) is 4.79 Å². The van der Waals surface area contributed by atoms with E-state index >= 15 is 0 Å². The molecule has 5 nitrogen and oxygen atoms in total. The lowest BCUT2D eigenvalue weighted by Crippen LogP contribution is -2.49. The Bertz CT molecular complexity index is 231. The molecule has 1 atom stereocenters. The maximum Gasteiger partial charge on any atom is 0.315 e. The van der Waals surface area contributed by atoms with Gasteiger partial charge in [0.15, 0.2) is 0 Å². The summed E-state index contributed by atoms with van der Waals surface area (Å²) in [5, 5.41) is 15.7. The van der Waals surface area contributed by atoms with E-state index in [2.05, 4.69) is 10.6 Å². The summed E-state index contributed by atoms with van der Waals surface area (Å²) < 4.78 is 0. The molecule has 15 heavy (non-hydrogen) atoms. The molecular weight excluding hydrogens is 196 g/mol. The van der Waals surface area contributed by atoms with Gasteiger partial charge >= 0.3 is 6.03 Å². The van der Waals surface area contributed by atoms with Crippen molar-refractivity contribution in [3.63, 3.8) is 0 Å². The predicted molar refractivity (Wildman–Crippen MR) is 53.0 cm³/mol. The second kappa shape index (κ2) is 6.27. The standard InChI is InChI=1S/C10H18N2O3/c13-9(14)5-3-1-2-4-8-6-7-11-10(15)12-8/h8H,1-7H2,(H,13,14)(H2,11,12,15)/p-1/t8-/m1/s1. The number of carbonyl (C=O) groups is 2. The number of nitrogens with one attached hydrogen (secondary N) is 2. The summed E-state index contributed by atoms with van der Waals surface area (Å²) in [6.45, 7) is 0.732. The highest BCUT2D eigenvalue weighted by molar-refractivity contribution is 5.74. The molecule has 0 spiro atoms. The van der Waals surface area contributed by atoms with Crippen LogP contribution in [-0.4, -0.2) is 24.6 Å². The molecule has 0 aliphatic carbocycles. The van der Waals surface area contributed by atoms with Crippen LogP contribution in [0.15, 0.2) is 0 Å². The third-order valence-corrected chi connectivity index (χ3v) is 2.55. The minimum atomic E-state index is -0.981. The lowest BCUT2D eigenvalue weighted by molar-refractivity contribution is -0.305. The minimum absolute atomic E-state index is 0.0963. The van der Waals surface area contributed by atoms with Crippen LogP contribution in [-0.2, 0) is 4.79 Å². The molecule has 1 saturated heterocycles. The Morgan fingerprint density at radius 1 is 1.40 bits per heavy atom. The Morgan fingerprint density at radius 2 is 2.20 bits per heavy atom. The van der Waals surface area contributed by atoms with Crippen LogP contribution >= 0.6 is 0 Å². The highest BCUT2D eigenvalue weighted by Crippen LogP contribution is 2.09. The average molecular weight is 213 g/mol. The largest absolute Gasteiger partial charge is 0.550 e. The summed E-state index contributed by atoms with van der Waals surface area (Å²) in [7, 11) is 0. The zero-order valence-corrected chi connectivity index (χ0v) is 8.75. The molecule has 5 heteroatoms. The first kappa shape index (κ1) is 11.8. The first-order valence-electron chi connectivity index (χ1n) is 5.42. The minimum Gasteiger partial charge on any atom is -0.550 e. The van der Waals surface area contributed by atoms with Gasteiger partial charge in [0.25, 0.3) is 0 Å². The van der Waals surface area contributed by atoms with Crippen molar-refractivity contribution in [1.82, 2.24) is 10.6 Å². The summed E-state index contributed by atoms with van der Waals surface area (Å²) in [6.07, 6.45) is 4.53. The second-order valence-electron chi connectivity index (χ2n) is 3.86. The van der Waals surface area contributed by atoms with Crippen LogP contribution in [0.5, 0.6) is 0 Å². The first-order chi connectivity index (χ1) is 7.18. The predicted octanol–water partition coefficient (Wildman–Crippen LogP) is -0.242. The molecule has 0 aromatic heterocycles. The first-order valence-corrected chi connectivity index (χ1v) is 5.42. The van der Waals surface area contributed by atoms with E-state index in [9.17, 15) is 14.7 Å². The summed E-state index contributed by atoms with van der Waals surface area (Å²) in [5.74, 6) is -0.981. The van der Waals surface area contributed by atoms with Crippen LogP contribution in [0.3, 0.4) is 0 Å². The molecule has 0 bridgehead atoms. The van der Waals surface area contributed by atoms with E-state index < -0.39 is 5.97 Å². The van der Waals surface area contributed by atoms with Crippen LogP contribution in [0.25, 0.3) is 0 Å². The van der Waals surface area contributed by atoms with E-state index in [4.69, 9.17) is 0 Å². The van der Waals surface area contributed by atoms with Gasteiger partial charge in [-0.3, -0.25) is 0 Å². The number of aliphatic carboxylic acids is 1. The molecule has 0 aromatic carbocycles. The molecule has 0 radical (unpaired) electrons. The molecule has 0 unspecified atom stereocenters. The van der Waals surface area contributed by atoms with Crippen molar-refractivity contribution in [3.8, 4) is 0 Å². The van der Waals surface area contributed by atoms with E-state index in [1.54, 1.807) is 0 Å². The second-order valence-corrected chi connectivity index (χ2v) is 3.86. The molecular formula is C10H17N2O3-. The number of hydrogen-bond acceptors (Lipinski definition) is 3. The molecule has 86 valence electrons. The summed E-state index contributed by atoms with van der Waals surface area (Å²) in [5.41, 5.74) is 0. The van der Waals surface area contributed by atoms with Crippen LogP contribution in [0, 0.1) is 0 Å². The molecule has 2 N–H and O–H groups in total. The monoisotopic (exact) mass is 213 g/mol. The Hall–Kier alpha value is -1.26. The fourth-order valence-corrected chi connectivity index (χ4v) is 1.72. The lowest BCUT2D eigenvalue weighted by Gasteiger charge is -2.24. The molecule has 1 aliphatic rings. The van der Waals surface area contributed by atoms with Crippen molar-refractivity contribution in [1.29, 1.82) is 0 Å². The quantitative estimate of drug-likeness (QED) is 0.597. The normalized spacial score (nSPS) is 20.5. The van der Waals surface area contributed by atoms with Crippen molar-refractivity contribution in [2.45, 2.75) is 44.6 Å². The average Bonchev–Trinajstić information content (AvgIpc) is 2.17. The SMILES string of the molecule is O=C([O-])CCCCC[C@@H]1CCNC(=O)N1. The molecule has 1 fully saturated rings. The Balaban J connectivity index is 1.99. The van der Waals surface area contributed by atoms with Gasteiger partial charge in [-0.1, -0.05) is 12.8 Å². The third kappa shape index (κ3) is 5.24. The van der Waals surface area contributed by atoms with E-state index in [0.717, 1.165) is 32.2 Å². The maximum absolute atomic E-state index is 10.9. The topological polar surface area (TPSA) is 81.3 Å².